The minimum Gasteiger partial charge on any atom is -0.384 e. The molecule has 0 radical (unpaired) electrons. The Bertz CT molecular complexity index is 513. The van der Waals surface area contributed by atoms with Crippen molar-refractivity contribution in [3.63, 3.8) is 0 Å². The summed E-state index contributed by atoms with van der Waals surface area (Å²) in [6.07, 6.45) is 2.20. The van der Waals surface area contributed by atoms with Crippen molar-refractivity contribution in [3.8, 4) is 0 Å². The lowest BCUT2D eigenvalue weighted by Crippen LogP contribution is -2.11. The monoisotopic (exact) mass is 248 g/mol. The van der Waals surface area contributed by atoms with Gasteiger partial charge in [-0.15, -0.1) is 11.3 Å². The van der Waals surface area contributed by atoms with E-state index in [0.29, 0.717) is 12.2 Å². The van der Waals surface area contributed by atoms with Gasteiger partial charge >= 0.3 is 0 Å². The Kier molecular flexibility index (Phi) is 3.11. The van der Waals surface area contributed by atoms with Crippen LogP contribution in [-0.4, -0.2) is 15.0 Å². The Morgan fingerprint density at radius 3 is 2.65 bits per heavy atom. The molecule has 0 aliphatic rings. The lowest BCUT2D eigenvalue weighted by atomic mass is 9.93. The van der Waals surface area contributed by atoms with Crippen molar-refractivity contribution in [1.29, 1.82) is 0 Å². The molecule has 0 saturated carbocycles. The van der Waals surface area contributed by atoms with Crippen LogP contribution in [0.4, 0.5) is 5.82 Å². The van der Waals surface area contributed by atoms with Crippen LogP contribution in [0.1, 0.15) is 37.2 Å². The van der Waals surface area contributed by atoms with Gasteiger partial charge < -0.3 is 5.73 Å². The molecule has 2 aromatic heterocycles. The molecule has 2 N–H and O–H groups in total. The van der Waals surface area contributed by atoms with Gasteiger partial charge in [-0.25, -0.2) is 15.0 Å². The number of anilines is 1. The van der Waals surface area contributed by atoms with Crippen LogP contribution in [-0.2, 0) is 11.8 Å². The summed E-state index contributed by atoms with van der Waals surface area (Å²) in [5.74, 6) is 0.502. The molecule has 0 fully saturated rings. The standard InChI is InChI=1S/C12H16N4S/c1-12(2,3)9-6-17-11(16-9)5-8-4-10(13)15-7-14-8/h4,6-7H,5H2,1-3H3,(H2,13,14,15). The second-order valence-corrected chi connectivity index (χ2v) is 5.93. The molecule has 90 valence electrons. The maximum atomic E-state index is 5.62. The van der Waals surface area contributed by atoms with Crippen molar-refractivity contribution in [2.24, 2.45) is 0 Å². The topological polar surface area (TPSA) is 64.7 Å². The van der Waals surface area contributed by atoms with E-state index < -0.39 is 0 Å². The zero-order valence-corrected chi connectivity index (χ0v) is 11.1. The summed E-state index contributed by atoms with van der Waals surface area (Å²) >= 11 is 1.66. The van der Waals surface area contributed by atoms with Crippen molar-refractivity contribution in [1.82, 2.24) is 15.0 Å². The molecule has 2 heterocycles. The molecule has 5 heteroatoms. The first-order valence-corrected chi connectivity index (χ1v) is 6.34. The fourth-order valence-corrected chi connectivity index (χ4v) is 2.44. The van der Waals surface area contributed by atoms with Gasteiger partial charge in [-0.05, 0) is 0 Å². The molecule has 2 rings (SSSR count). The Morgan fingerprint density at radius 2 is 2.06 bits per heavy atom. The van der Waals surface area contributed by atoms with Gasteiger partial charge in [0.25, 0.3) is 0 Å². The predicted molar refractivity (Wildman–Crippen MR) is 70.1 cm³/mol. The molecule has 0 aliphatic carbocycles. The van der Waals surface area contributed by atoms with Gasteiger partial charge in [0.1, 0.15) is 12.1 Å². The summed E-state index contributed by atoms with van der Waals surface area (Å²) in [6, 6.07) is 1.79. The summed E-state index contributed by atoms with van der Waals surface area (Å²) in [4.78, 5) is 12.7. The highest BCUT2D eigenvalue weighted by molar-refractivity contribution is 7.09. The highest BCUT2D eigenvalue weighted by Gasteiger charge is 2.17. The third-order valence-corrected chi connectivity index (χ3v) is 3.25. The van der Waals surface area contributed by atoms with Crippen LogP contribution in [0.2, 0.25) is 0 Å². The van der Waals surface area contributed by atoms with E-state index in [9.17, 15) is 0 Å². The summed E-state index contributed by atoms with van der Waals surface area (Å²) < 4.78 is 0. The van der Waals surface area contributed by atoms with Crippen LogP contribution in [0.3, 0.4) is 0 Å². The molecular formula is C12H16N4S. The first kappa shape index (κ1) is 12.0. The van der Waals surface area contributed by atoms with Gasteiger partial charge in [0.05, 0.1) is 16.4 Å². The van der Waals surface area contributed by atoms with Crippen molar-refractivity contribution in [2.75, 3.05) is 5.73 Å². The van der Waals surface area contributed by atoms with E-state index in [1.54, 1.807) is 17.4 Å². The SMILES string of the molecule is CC(C)(C)c1csc(Cc2cc(N)ncn2)n1. The summed E-state index contributed by atoms with van der Waals surface area (Å²) in [5.41, 5.74) is 7.75. The van der Waals surface area contributed by atoms with Crippen LogP contribution in [0.25, 0.3) is 0 Å². The van der Waals surface area contributed by atoms with Gasteiger partial charge in [-0.1, -0.05) is 20.8 Å². The fourth-order valence-electron chi connectivity index (χ4n) is 1.40. The molecule has 17 heavy (non-hydrogen) atoms. The number of nitrogen functional groups attached to an aromatic ring is 1. The van der Waals surface area contributed by atoms with Crippen molar-refractivity contribution in [2.45, 2.75) is 32.6 Å². The number of rotatable bonds is 2. The molecular weight excluding hydrogens is 232 g/mol. The second kappa shape index (κ2) is 4.41. The van der Waals surface area contributed by atoms with E-state index in [0.717, 1.165) is 16.4 Å². The van der Waals surface area contributed by atoms with Gasteiger partial charge in [-0.3, -0.25) is 0 Å². The third-order valence-electron chi connectivity index (χ3n) is 2.40. The third kappa shape index (κ3) is 3.00. The first-order valence-electron chi connectivity index (χ1n) is 5.46. The highest BCUT2D eigenvalue weighted by atomic mass is 32.1. The van der Waals surface area contributed by atoms with E-state index >= 15 is 0 Å². The lowest BCUT2D eigenvalue weighted by molar-refractivity contribution is 0.571. The van der Waals surface area contributed by atoms with Crippen molar-refractivity contribution < 1.29 is 0 Å². The number of thiazole rings is 1. The summed E-state index contributed by atoms with van der Waals surface area (Å²) in [6.45, 7) is 6.48. The predicted octanol–water partition coefficient (Wildman–Crippen LogP) is 2.40. The van der Waals surface area contributed by atoms with Crippen molar-refractivity contribution >= 4 is 17.2 Å². The number of aromatic nitrogens is 3. The number of nitrogens with two attached hydrogens (primary N) is 1. The minimum absolute atomic E-state index is 0.0967. The molecule has 0 aromatic carbocycles. The maximum Gasteiger partial charge on any atom is 0.127 e. The lowest BCUT2D eigenvalue weighted by Gasteiger charge is -2.14. The maximum absolute atomic E-state index is 5.62. The van der Waals surface area contributed by atoms with Gasteiger partial charge in [0.2, 0.25) is 0 Å². The van der Waals surface area contributed by atoms with E-state index in [-0.39, 0.29) is 5.41 Å². The minimum atomic E-state index is 0.0967. The van der Waals surface area contributed by atoms with Crippen LogP contribution >= 0.6 is 11.3 Å². The highest BCUT2D eigenvalue weighted by Crippen LogP contribution is 2.24. The average molecular weight is 248 g/mol. The molecule has 0 atom stereocenters. The number of hydrogen-bond acceptors (Lipinski definition) is 5. The van der Waals surface area contributed by atoms with E-state index in [4.69, 9.17) is 5.73 Å². The molecule has 0 aliphatic heterocycles. The van der Waals surface area contributed by atoms with E-state index in [1.165, 1.54) is 6.33 Å². The molecule has 0 spiro atoms. The molecule has 4 nitrogen and oxygen atoms in total. The van der Waals surface area contributed by atoms with Crippen LogP contribution in [0.5, 0.6) is 0 Å². The normalized spacial score (nSPS) is 11.7. The van der Waals surface area contributed by atoms with Gasteiger partial charge in [0, 0.05) is 23.3 Å². The Labute approximate surface area is 105 Å². The number of hydrogen-bond donors (Lipinski definition) is 1. The Hall–Kier alpha value is -1.49. The fraction of sp³-hybridized carbons (Fsp3) is 0.417. The zero-order valence-electron chi connectivity index (χ0n) is 10.3. The zero-order chi connectivity index (χ0) is 12.5. The van der Waals surface area contributed by atoms with Crippen molar-refractivity contribution in [3.05, 3.63) is 34.2 Å². The Balaban J connectivity index is 2.17. The van der Waals surface area contributed by atoms with Gasteiger partial charge in [-0.2, -0.15) is 0 Å². The molecule has 0 unspecified atom stereocenters. The van der Waals surface area contributed by atoms with E-state index in [1.807, 2.05) is 0 Å². The van der Waals surface area contributed by atoms with E-state index in [2.05, 4.69) is 41.1 Å². The second-order valence-electron chi connectivity index (χ2n) is 4.99. The smallest absolute Gasteiger partial charge is 0.127 e. The Morgan fingerprint density at radius 1 is 1.29 bits per heavy atom. The van der Waals surface area contributed by atoms with Crippen LogP contribution < -0.4 is 5.73 Å². The van der Waals surface area contributed by atoms with Crippen LogP contribution in [0.15, 0.2) is 17.8 Å². The quantitative estimate of drug-likeness (QED) is 0.886. The number of nitrogens with zero attached hydrogens (tertiary/aromatic N) is 3. The van der Waals surface area contributed by atoms with Gasteiger partial charge in [0.15, 0.2) is 0 Å². The first-order chi connectivity index (χ1) is 7.95. The largest absolute Gasteiger partial charge is 0.384 e. The molecule has 0 saturated heterocycles. The molecule has 0 bridgehead atoms. The molecule has 0 amide bonds. The average Bonchev–Trinajstić information content (AvgIpc) is 2.65. The van der Waals surface area contributed by atoms with Crippen LogP contribution in [0, 0.1) is 0 Å². The molecule has 2 aromatic rings. The summed E-state index contributed by atoms with van der Waals surface area (Å²) in [7, 11) is 0. The summed E-state index contributed by atoms with van der Waals surface area (Å²) in [5, 5.41) is 3.17.